The van der Waals surface area contributed by atoms with E-state index in [-0.39, 0.29) is 30.0 Å². The zero-order chi connectivity index (χ0) is 19.6. The van der Waals surface area contributed by atoms with Crippen LogP contribution < -0.4 is 0 Å². The van der Waals surface area contributed by atoms with E-state index >= 15 is 0 Å². The molecule has 0 aromatic heterocycles. The topological polar surface area (TPSA) is 49.8 Å². The van der Waals surface area contributed by atoms with Gasteiger partial charge in [-0.3, -0.25) is 4.90 Å². The molecule has 1 N–H and O–H groups in total. The van der Waals surface area contributed by atoms with Crippen molar-refractivity contribution in [3.8, 4) is 12.3 Å². The summed E-state index contributed by atoms with van der Waals surface area (Å²) in [7, 11) is 0. The Balaban J connectivity index is 1.51. The Morgan fingerprint density at radius 2 is 1.50 bits per heavy atom. The molecule has 0 aromatic rings. The lowest BCUT2D eigenvalue weighted by molar-refractivity contribution is -0.194. The Labute approximate surface area is 170 Å². The van der Waals surface area contributed by atoms with Crippen LogP contribution in [0.15, 0.2) is 0 Å². The highest BCUT2D eigenvalue weighted by Gasteiger charge is 2.53. The van der Waals surface area contributed by atoms with Gasteiger partial charge in [-0.2, -0.15) is 0 Å². The molecule has 4 heteroatoms. The molecule has 0 radical (unpaired) electrons. The van der Waals surface area contributed by atoms with Gasteiger partial charge in [-0.15, -0.1) is 6.42 Å². The fourth-order valence-corrected chi connectivity index (χ4v) is 6.70. The number of esters is 1. The monoisotopic (exact) mass is 387 g/mol. The van der Waals surface area contributed by atoms with Crippen LogP contribution in [0.25, 0.3) is 0 Å². The molecule has 2 saturated carbocycles. The third-order valence-corrected chi connectivity index (χ3v) is 8.22. The summed E-state index contributed by atoms with van der Waals surface area (Å²) >= 11 is 0. The normalized spacial score (nSPS) is 32.8. The van der Waals surface area contributed by atoms with E-state index in [4.69, 9.17) is 11.2 Å². The highest BCUT2D eigenvalue weighted by atomic mass is 16.6. The summed E-state index contributed by atoms with van der Waals surface area (Å²) < 4.78 is 6.17. The maximum Gasteiger partial charge on any atom is 0.339 e. The van der Waals surface area contributed by atoms with Crippen LogP contribution in [0.3, 0.4) is 0 Å². The van der Waals surface area contributed by atoms with Crippen molar-refractivity contribution in [1.29, 1.82) is 0 Å². The van der Waals surface area contributed by atoms with Crippen LogP contribution in [0.1, 0.15) is 89.9 Å². The number of nitrogens with zero attached hydrogens (tertiary/aromatic N) is 1. The molecule has 2 saturated heterocycles. The molecule has 2 aliphatic heterocycles. The van der Waals surface area contributed by atoms with E-state index < -0.39 is 5.60 Å². The molecule has 4 rings (SSSR count). The lowest BCUT2D eigenvalue weighted by Crippen LogP contribution is -2.57. The van der Waals surface area contributed by atoms with E-state index in [2.05, 4.69) is 10.8 Å². The van der Waals surface area contributed by atoms with Gasteiger partial charge in [0, 0.05) is 12.1 Å². The van der Waals surface area contributed by atoms with Crippen molar-refractivity contribution in [2.45, 2.75) is 114 Å². The molecule has 2 heterocycles. The first-order valence-electron chi connectivity index (χ1n) is 11.8. The average molecular weight is 388 g/mol. The van der Waals surface area contributed by atoms with Gasteiger partial charge >= 0.3 is 5.97 Å². The molecule has 0 amide bonds. The van der Waals surface area contributed by atoms with E-state index in [9.17, 15) is 9.90 Å². The summed E-state index contributed by atoms with van der Waals surface area (Å²) in [5, 5.41) is 11.9. The number of aliphatic hydroxyl groups is 1. The minimum Gasteiger partial charge on any atom is -0.459 e. The van der Waals surface area contributed by atoms with Gasteiger partial charge in [-0.1, -0.05) is 44.4 Å². The fourth-order valence-electron chi connectivity index (χ4n) is 6.70. The summed E-state index contributed by atoms with van der Waals surface area (Å²) in [5.41, 5.74) is -1.28. The van der Waals surface area contributed by atoms with Crippen LogP contribution in [0.4, 0.5) is 0 Å². The molecular formula is C24H37NO3. The Morgan fingerprint density at radius 3 is 2.07 bits per heavy atom. The molecule has 0 spiro atoms. The maximum absolute atomic E-state index is 13.5. The minimum atomic E-state index is -1.28. The SMILES string of the molecule is C#CCN1[C@@H]2CC[C@@H]1[C@H](OC(=O)C(O)(C1CCCCC1)C1CCCCC1)CC2. The largest absolute Gasteiger partial charge is 0.459 e. The Kier molecular flexibility index (Phi) is 6.33. The van der Waals surface area contributed by atoms with Crippen molar-refractivity contribution in [2.24, 2.45) is 11.8 Å². The van der Waals surface area contributed by atoms with E-state index in [0.717, 1.165) is 77.0 Å². The zero-order valence-electron chi connectivity index (χ0n) is 17.3. The summed E-state index contributed by atoms with van der Waals surface area (Å²) in [6.45, 7) is 0.638. The van der Waals surface area contributed by atoms with Gasteiger partial charge in [0.2, 0.25) is 0 Å². The summed E-state index contributed by atoms with van der Waals surface area (Å²) in [5.74, 6) is 2.60. The second-order valence-corrected chi connectivity index (χ2v) is 9.69. The highest BCUT2D eigenvalue weighted by molar-refractivity contribution is 5.80. The first-order chi connectivity index (χ1) is 13.6. The Morgan fingerprint density at radius 1 is 0.929 bits per heavy atom. The van der Waals surface area contributed by atoms with Crippen LogP contribution in [0, 0.1) is 24.2 Å². The first kappa shape index (κ1) is 20.2. The minimum absolute atomic E-state index is 0.0681. The van der Waals surface area contributed by atoms with Gasteiger partial charge in [0.1, 0.15) is 6.10 Å². The Bertz CT molecular complexity index is 567. The third-order valence-electron chi connectivity index (χ3n) is 8.22. The molecule has 4 nitrogen and oxygen atoms in total. The zero-order valence-corrected chi connectivity index (χ0v) is 17.3. The van der Waals surface area contributed by atoms with Crippen molar-refractivity contribution >= 4 is 5.97 Å². The predicted octanol–water partition coefficient (Wildman–Crippen LogP) is 4.05. The first-order valence-corrected chi connectivity index (χ1v) is 11.8. The van der Waals surface area contributed by atoms with Gasteiger partial charge in [-0.25, -0.2) is 4.79 Å². The van der Waals surface area contributed by atoms with Crippen molar-refractivity contribution in [2.75, 3.05) is 6.54 Å². The molecule has 2 bridgehead atoms. The number of carbonyl (C=O) groups excluding carboxylic acids is 1. The molecule has 4 aliphatic rings. The maximum atomic E-state index is 13.5. The summed E-state index contributed by atoms with van der Waals surface area (Å²) in [4.78, 5) is 15.9. The van der Waals surface area contributed by atoms with E-state index in [1.807, 2.05) is 0 Å². The van der Waals surface area contributed by atoms with Crippen LogP contribution in [0.5, 0.6) is 0 Å². The second kappa shape index (κ2) is 8.76. The highest BCUT2D eigenvalue weighted by Crippen LogP contribution is 2.45. The molecule has 4 fully saturated rings. The summed E-state index contributed by atoms with van der Waals surface area (Å²) in [6, 6.07) is 0.785. The predicted molar refractivity (Wildman–Crippen MR) is 110 cm³/mol. The van der Waals surface area contributed by atoms with Gasteiger partial charge < -0.3 is 9.84 Å². The smallest absolute Gasteiger partial charge is 0.339 e. The molecule has 2 aliphatic carbocycles. The van der Waals surface area contributed by atoms with Gasteiger partial charge in [0.15, 0.2) is 5.60 Å². The van der Waals surface area contributed by atoms with Crippen molar-refractivity contribution in [3.05, 3.63) is 0 Å². The second-order valence-electron chi connectivity index (χ2n) is 9.69. The van der Waals surface area contributed by atoms with Crippen LogP contribution in [-0.4, -0.2) is 46.3 Å². The number of hydrogen-bond donors (Lipinski definition) is 1. The van der Waals surface area contributed by atoms with Crippen molar-refractivity contribution in [3.63, 3.8) is 0 Å². The molecule has 0 aromatic carbocycles. The van der Waals surface area contributed by atoms with Crippen LogP contribution >= 0.6 is 0 Å². The number of carbonyl (C=O) groups is 1. The van der Waals surface area contributed by atoms with E-state index in [1.165, 1.54) is 12.8 Å². The van der Waals surface area contributed by atoms with E-state index in [0.29, 0.717) is 12.6 Å². The molecule has 3 atom stereocenters. The van der Waals surface area contributed by atoms with Gasteiger partial charge in [0.25, 0.3) is 0 Å². The number of hydrogen-bond acceptors (Lipinski definition) is 4. The molecule has 28 heavy (non-hydrogen) atoms. The van der Waals surface area contributed by atoms with Gasteiger partial charge in [-0.05, 0) is 63.2 Å². The average Bonchev–Trinajstić information content (AvgIpc) is 3.02. The van der Waals surface area contributed by atoms with Gasteiger partial charge in [0.05, 0.1) is 6.54 Å². The number of terminal acetylenes is 1. The Hall–Kier alpha value is -1.05. The number of rotatable bonds is 5. The fraction of sp³-hybridized carbons (Fsp3) is 0.875. The number of fused-ring (bicyclic) bond motifs is 2. The van der Waals surface area contributed by atoms with E-state index in [1.54, 1.807) is 0 Å². The van der Waals surface area contributed by atoms with Crippen molar-refractivity contribution < 1.29 is 14.6 Å². The quantitative estimate of drug-likeness (QED) is 0.571. The molecule has 156 valence electrons. The molecule has 0 unspecified atom stereocenters. The number of piperidine rings is 1. The van der Waals surface area contributed by atoms with Crippen molar-refractivity contribution in [1.82, 2.24) is 4.90 Å². The lowest BCUT2D eigenvalue weighted by atomic mass is 9.66. The summed E-state index contributed by atoms with van der Waals surface area (Å²) in [6.07, 6.45) is 20.4. The standard InChI is InChI=1S/C24H37NO3/c1-2-17-25-20-13-15-21(25)22(16-14-20)28-23(26)24(27,18-9-5-3-6-10-18)19-11-7-4-8-12-19/h1,18-22,27H,3-17H2/t20-,21-,22-/m1/s1. The molecular weight excluding hydrogens is 350 g/mol. The lowest BCUT2D eigenvalue weighted by Gasteiger charge is -2.45. The van der Waals surface area contributed by atoms with Crippen LogP contribution in [-0.2, 0) is 9.53 Å². The number of ether oxygens (including phenoxy) is 1. The van der Waals surface area contributed by atoms with Crippen LogP contribution in [0.2, 0.25) is 0 Å². The third kappa shape index (κ3) is 3.73.